The van der Waals surface area contributed by atoms with Crippen LogP contribution in [0.3, 0.4) is 0 Å². The Morgan fingerprint density at radius 2 is 1.35 bits per heavy atom. The van der Waals surface area contributed by atoms with E-state index in [1.807, 2.05) is 13.0 Å². The van der Waals surface area contributed by atoms with Crippen LogP contribution in [0.4, 0.5) is 0 Å². The van der Waals surface area contributed by atoms with Gasteiger partial charge in [-0.2, -0.15) is 0 Å². The molecule has 0 fully saturated rings. The van der Waals surface area contributed by atoms with Crippen molar-refractivity contribution in [3.8, 4) is 0 Å². The molecule has 0 aromatic rings. The zero-order valence-electron chi connectivity index (χ0n) is 22.7. The van der Waals surface area contributed by atoms with Crippen LogP contribution in [0.2, 0.25) is 0 Å². The van der Waals surface area contributed by atoms with Crippen molar-refractivity contribution < 1.29 is 89.9 Å². The molecule has 7 nitrogen and oxygen atoms in total. The van der Waals surface area contributed by atoms with Gasteiger partial charge in [0.1, 0.15) is 0 Å². The van der Waals surface area contributed by atoms with Crippen molar-refractivity contribution in [2.45, 2.75) is 72.7 Å². The van der Waals surface area contributed by atoms with Gasteiger partial charge in [0.2, 0.25) is 5.52 Å². The molecule has 0 aliphatic rings. The number of nitrogens with one attached hydrogen (secondary N) is 1. The van der Waals surface area contributed by atoms with E-state index in [-0.39, 0.29) is 81.7 Å². The van der Waals surface area contributed by atoms with E-state index < -0.39 is 20.7 Å². The van der Waals surface area contributed by atoms with E-state index in [0.717, 1.165) is 31.3 Å². The Bertz CT molecular complexity index is 673. The average molecular weight is 499 g/mol. The minimum absolute atomic E-state index is 0. The molecule has 31 heavy (non-hydrogen) atoms. The molecule has 0 aliphatic carbocycles. The summed E-state index contributed by atoms with van der Waals surface area (Å²) in [6, 6.07) is 0. The molecule has 0 heterocycles. The molecule has 0 rings (SSSR count). The first kappa shape index (κ1) is 37.0. The molecule has 1 unspecified atom stereocenters. The van der Waals surface area contributed by atoms with Gasteiger partial charge in [0.15, 0.2) is 0 Å². The number of rotatable bonds is 15. The van der Waals surface area contributed by atoms with E-state index in [4.69, 9.17) is 9.05 Å². The zero-order valence-corrected chi connectivity index (χ0v) is 26.5. The smallest absolute Gasteiger partial charge is 1.00 e. The number of hydrogen-bond acceptors (Lipinski definition) is 5. The summed E-state index contributed by atoms with van der Waals surface area (Å²) >= 11 is 0. The molecule has 0 radical (unpaired) electrons. The van der Waals surface area contributed by atoms with Crippen molar-refractivity contribution in [3.63, 3.8) is 0 Å². The summed E-state index contributed by atoms with van der Waals surface area (Å²) in [6.07, 6.45) is 10.1. The predicted molar refractivity (Wildman–Crippen MR) is 122 cm³/mol. The van der Waals surface area contributed by atoms with Crippen molar-refractivity contribution in [2.75, 3.05) is 19.8 Å². The first-order chi connectivity index (χ1) is 13.5. The van der Waals surface area contributed by atoms with E-state index in [0.29, 0.717) is 0 Å². The van der Waals surface area contributed by atoms with Gasteiger partial charge in [-0.15, -0.1) is 0 Å². The Hall–Kier alpha value is 1.48. The molecule has 174 valence electrons. The van der Waals surface area contributed by atoms with Crippen LogP contribution in [0.25, 0.3) is 0 Å². The summed E-state index contributed by atoms with van der Waals surface area (Å²) in [7, 11) is -8.72. The molecule has 1 atom stereocenters. The van der Waals surface area contributed by atoms with Gasteiger partial charge >= 0.3 is 74.3 Å². The maximum Gasteiger partial charge on any atom is 1.00 e. The van der Waals surface area contributed by atoms with E-state index >= 15 is 0 Å². The summed E-state index contributed by atoms with van der Waals surface area (Å²) < 4.78 is 34.8. The van der Waals surface area contributed by atoms with Crippen molar-refractivity contribution >= 4 is 15.2 Å². The van der Waals surface area contributed by atoms with E-state index in [1.165, 1.54) is 11.1 Å². The van der Waals surface area contributed by atoms with Gasteiger partial charge in [0.05, 0.1) is 13.2 Å². The first-order valence-corrected chi connectivity index (χ1v) is 13.4. The van der Waals surface area contributed by atoms with Crippen LogP contribution in [0, 0.1) is 0 Å². The minimum Gasteiger partial charge on any atom is -1.00 e. The maximum absolute atomic E-state index is 12.8. The second-order valence-electron chi connectivity index (χ2n) is 7.21. The fourth-order valence-corrected chi connectivity index (χ4v) is 6.25. The maximum atomic E-state index is 12.8. The minimum atomic E-state index is -4.74. The number of allylic oxidation sites excluding steroid dienone is 5. The first-order valence-electron chi connectivity index (χ1n) is 10.1. The Morgan fingerprint density at radius 3 is 1.77 bits per heavy atom. The van der Waals surface area contributed by atoms with Gasteiger partial charge in [0.25, 0.3) is 0 Å². The largest absolute Gasteiger partial charge is 1.00 e. The van der Waals surface area contributed by atoms with Crippen LogP contribution in [-0.2, 0) is 18.2 Å². The van der Waals surface area contributed by atoms with E-state index in [9.17, 15) is 18.9 Å². The Morgan fingerprint density at radius 1 is 0.903 bits per heavy atom. The van der Waals surface area contributed by atoms with Gasteiger partial charge < -0.3 is 21.7 Å². The van der Waals surface area contributed by atoms with Crippen LogP contribution >= 0.6 is 15.2 Å². The van der Waals surface area contributed by atoms with Crippen LogP contribution < -0.4 is 64.4 Å². The molecule has 0 spiro atoms. The monoisotopic (exact) mass is 499 g/mol. The SMILES string of the molecule is CCOP(=O)(OCC)C(NC/C=C(\C)CC/C=C(\C)CCC=C(C)C)P(=O)(O)O.[H-].[H-].[Na+].[Na+]. The summed E-state index contributed by atoms with van der Waals surface area (Å²) in [5.41, 5.74) is 2.08. The molecule has 0 saturated heterocycles. The van der Waals surface area contributed by atoms with Gasteiger partial charge in [0, 0.05) is 6.54 Å². The molecule has 0 saturated carbocycles. The normalized spacial score (nSPS) is 13.8. The molecular weight excluding hydrogens is 458 g/mol. The van der Waals surface area contributed by atoms with Gasteiger partial charge in [-0.3, -0.25) is 14.4 Å². The van der Waals surface area contributed by atoms with Crippen molar-refractivity contribution in [2.24, 2.45) is 0 Å². The molecule has 0 aromatic carbocycles. The molecule has 0 aromatic heterocycles. The standard InChI is InChI=1S/C20H39NO6P2.2Na.2H/c1-7-26-29(25,27-8-2)20(28(22,23)24)21-16-15-19(6)14-10-13-18(5)12-9-11-17(3)4;;;;/h11,13,15,20-21H,7-10,12,14,16H2,1-6H3,(H2,22,23,24);;;;/q;2*+1;2*-1/b18-13+,19-15+;;;;. The Balaban J connectivity index is -0.000000653. The van der Waals surface area contributed by atoms with Crippen LogP contribution in [-0.4, -0.2) is 35.1 Å². The molecule has 3 N–H and O–H groups in total. The zero-order chi connectivity index (χ0) is 22.5. The van der Waals surface area contributed by atoms with Crippen molar-refractivity contribution in [3.05, 3.63) is 34.9 Å². The van der Waals surface area contributed by atoms with E-state index in [2.05, 4.69) is 38.2 Å². The van der Waals surface area contributed by atoms with Crippen LogP contribution in [0.15, 0.2) is 34.9 Å². The Kier molecular flexibility index (Phi) is 23.6. The van der Waals surface area contributed by atoms with Gasteiger partial charge in [-0.1, -0.05) is 34.9 Å². The topological polar surface area (TPSA) is 105 Å². The molecule has 0 aliphatic heterocycles. The second-order valence-corrected chi connectivity index (χ2v) is 11.4. The quantitative estimate of drug-likeness (QED) is 0.165. The molecular formula is C20H41NNa2O6P2. The third kappa shape index (κ3) is 17.6. The van der Waals surface area contributed by atoms with Crippen molar-refractivity contribution in [1.82, 2.24) is 5.32 Å². The van der Waals surface area contributed by atoms with E-state index in [1.54, 1.807) is 13.8 Å². The molecule has 0 bridgehead atoms. The van der Waals surface area contributed by atoms with Crippen LogP contribution in [0.5, 0.6) is 0 Å². The van der Waals surface area contributed by atoms with Gasteiger partial charge in [-0.05, 0) is 67.2 Å². The fourth-order valence-electron chi connectivity index (χ4n) is 2.63. The summed E-state index contributed by atoms with van der Waals surface area (Å²) in [4.78, 5) is 19.2. The summed E-state index contributed by atoms with van der Waals surface area (Å²) in [5, 5.41) is 2.66. The van der Waals surface area contributed by atoms with Crippen LogP contribution in [0.1, 0.15) is 70.1 Å². The third-order valence-corrected chi connectivity index (χ3v) is 8.70. The summed E-state index contributed by atoms with van der Waals surface area (Å²) in [5.74, 6) is 0. The van der Waals surface area contributed by atoms with Crippen molar-refractivity contribution in [1.29, 1.82) is 0 Å². The predicted octanol–water partition coefficient (Wildman–Crippen LogP) is -0.0444. The molecule has 11 heteroatoms. The van der Waals surface area contributed by atoms with Gasteiger partial charge in [-0.25, -0.2) is 0 Å². The average Bonchev–Trinajstić information content (AvgIpc) is 2.57. The second kappa shape index (κ2) is 19.8. The molecule has 0 amide bonds. The fraction of sp³-hybridized carbons (Fsp3) is 0.700. The number of hydrogen-bond donors (Lipinski definition) is 3. The third-order valence-electron chi connectivity index (χ3n) is 4.11. The summed E-state index contributed by atoms with van der Waals surface area (Å²) in [6.45, 7) is 11.7. The Labute approximate surface area is 236 Å².